The molecule has 1 N–H and O–H groups in total. The average Bonchev–Trinajstić information content (AvgIpc) is 3.11. The predicted octanol–water partition coefficient (Wildman–Crippen LogP) is 8.35. The number of hydrogen-bond acceptors (Lipinski definition) is 6. The van der Waals surface area contributed by atoms with Crippen molar-refractivity contribution in [3.8, 4) is 22.5 Å². The molecule has 3 unspecified atom stereocenters. The Morgan fingerprint density at radius 1 is 0.818 bits per heavy atom. The highest BCUT2D eigenvalue weighted by Gasteiger charge is 2.38. The number of aryl methyl sites for hydroxylation is 2. The van der Waals surface area contributed by atoms with Gasteiger partial charge in [-0.1, -0.05) is 47.5 Å². The summed E-state index contributed by atoms with van der Waals surface area (Å²) in [5.41, 5.74) is -4.92. The summed E-state index contributed by atoms with van der Waals surface area (Å²) in [5.74, 6) is -0.543. The highest BCUT2D eigenvalue weighted by atomic mass is 35.5. The summed E-state index contributed by atoms with van der Waals surface area (Å²) < 4.78 is 92.3. The van der Waals surface area contributed by atoms with Crippen molar-refractivity contribution < 1.29 is 45.7 Å². The number of aromatic nitrogens is 2. The molecule has 0 radical (unpaired) electrons. The molecular formula is C38H35ClF6N4O6. The zero-order chi connectivity index (χ0) is 41.4. The Bertz CT molecular complexity index is 2240. The van der Waals surface area contributed by atoms with E-state index in [1.807, 2.05) is 0 Å². The first kappa shape index (κ1) is 44.1. The topological polar surface area (TPSA) is 108 Å². The molecular weight excluding hydrogens is 758 g/mol. The van der Waals surface area contributed by atoms with Crippen LogP contribution in [0.1, 0.15) is 36.1 Å². The van der Waals surface area contributed by atoms with Gasteiger partial charge in [0.2, 0.25) is 0 Å². The SMILES string of the molecule is [C-]#[N+]c1c(C(F)(F)F)cc(-c2cccc(C)c2)n(CC(=O)C(C)Cl)c1=O.[C-]#[N+]c1c(C(F)(F)F)cc(-c2cccc(C)c2)n(CC(O)C(C)OCOC)c1=O. The van der Waals surface area contributed by atoms with E-state index in [1.54, 1.807) is 63.2 Å². The second-order valence-corrected chi connectivity index (χ2v) is 12.9. The van der Waals surface area contributed by atoms with Crippen LogP contribution in [0.5, 0.6) is 0 Å². The number of benzene rings is 2. The summed E-state index contributed by atoms with van der Waals surface area (Å²) in [4.78, 5) is 42.9. The lowest BCUT2D eigenvalue weighted by Crippen LogP contribution is -2.36. The first-order valence-corrected chi connectivity index (χ1v) is 16.6. The van der Waals surface area contributed by atoms with Gasteiger partial charge < -0.3 is 23.7 Å². The minimum Gasteiger partial charge on any atom is -0.389 e. The third-order valence-electron chi connectivity index (χ3n) is 8.13. The van der Waals surface area contributed by atoms with E-state index in [9.17, 15) is 45.8 Å². The molecule has 17 heteroatoms. The molecule has 292 valence electrons. The number of rotatable bonds is 11. The second-order valence-electron chi connectivity index (χ2n) is 12.3. The number of ether oxygens (including phenoxy) is 2. The molecule has 0 saturated heterocycles. The molecule has 2 heterocycles. The lowest BCUT2D eigenvalue weighted by atomic mass is 10.0. The lowest BCUT2D eigenvalue weighted by molar-refractivity contribution is -0.137. The summed E-state index contributed by atoms with van der Waals surface area (Å²) in [6.45, 7) is 19.5. The van der Waals surface area contributed by atoms with Gasteiger partial charge in [0, 0.05) is 18.5 Å². The van der Waals surface area contributed by atoms with Crippen LogP contribution in [0.2, 0.25) is 0 Å². The molecule has 10 nitrogen and oxygen atoms in total. The largest absolute Gasteiger partial charge is 0.407 e. The van der Waals surface area contributed by atoms with Crippen molar-refractivity contribution in [2.45, 2.75) is 70.7 Å². The van der Waals surface area contributed by atoms with Crippen LogP contribution < -0.4 is 11.1 Å². The van der Waals surface area contributed by atoms with Crippen molar-refractivity contribution in [2.24, 2.45) is 0 Å². The number of Topliss-reactive ketones (excluding diaryl/α,β-unsaturated/α-hetero) is 1. The Morgan fingerprint density at radius 2 is 1.25 bits per heavy atom. The summed E-state index contributed by atoms with van der Waals surface area (Å²) in [6, 6.07) is 14.6. The fourth-order valence-corrected chi connectivity index (χ4v) is 5.32. The maximum atomic E-state index is 13.5. The molecule has 0 aliphatic heterocycles. The predicted molar refractivity (Wildman–Crippen MR) is 193 cm³/mol. The van der Waals surface area contributed by atoms with Gasteiger partial charge in [0.1, 0.15) is 6.79 Å². The van der Waals surface area contributed by atoms with Crippen LogP contribution in [0.3, 0.4) is 0 Å². The van der Waals surface area contributed by atoms with Crippen molar-refractivity contribution in [2.75, 3.05) is 13.9 Å². The Hall–Kier alpha value is -5.26. The number of nitrogens with zero attached hydrogens (tertiary/aromatic N) is 4. The summed E-state index contributed by atoms with van der Waals surface area (Å²) >= 11 is 5.73. The number of hydrogen-bond donors (Lipinski definition) is 1. The van der Waals surface area contributed by atoms with Gasteiger partial charge in [-0.05, 0) is 63.1 Å². The van der Waals surface area contributed by atoms with Gasteiger partial charge in [0.15, 0.2) is 5.78 Å². The molecule has 0 spiro atoms. The zero-order valence-corrected chi connectivity index (χ0v) is 30.8. The molecule has 0 aliphatic carbocycles. The Labute approximate surface area is 316 Å². The molecule has 0 saturated carbocycles. The number of carbonyl (C=O) groups excluding carboxylic acids is 1. The molecule has 55 heavy (non-hydrogen) atoms. The van der Waals surface area contributed by atoms with E-state index in [4.69, 9.17) is 34.2 Å². The van der Waals surface area contributed by atoms with Crippen LogP contribution in [0.25, 0.3) is 32.2 Å². The number of ketones is 1. The van der Waals surface area contributed by atoms with Crippen molar-refractivity contribution in [3.63, 3.8) is 0 Å². The smallest absolute Gasteiger partial charge is 0.389 e. The normalized spacial score (nSPS) is 13.1. The Balaban J connectivity index is 0.000000297. The number of aliphatic hydroxyl groups is 1. The van der Waals surface area contributed by atoms with Crippen LogP contribution in [0, 0.1) is 27.0 Å². The maximum absolute atomic E-state index is 13.5. The van der Waals surface area contributed by atoms with E-state index in [1.165, 1.54) is 20.1 Å². The Morgan fingerprint density at radius 3 is 1.64 bits per heavy atom. The first-order chi connectivity index (χ1) is 25.7. The minimum atomic E-state index is -4.87. The molecule has 4 rings (SSSR count). The van der Waals surface area contributed by atoms with Crippen LogP contribution >= 0.6 is 11.6 Å². The summed E-state index contributed by atoms with van der Waals surface area (Å²) in [7, 11) is 1.40. The van der Waals surface area contributed by atoms with Crippen LogP contribution in [-0.2, 0) is 39.7 Å². The fraction of sp³-hybridized carbons (Fsp3) is 0.342. The van der Waals surface area contributed by atoms with Gasteiger partial charge in [-0.3, -0.25) is 14.4 Å². The third kappa shape index (κ3) is 10.9. The Kier molecular flexibility index (Phi) is 14.8. The van der Waals surface area contributed by atoms with Crippen LogP contribution in [-0.4, -0.2) is 51.5 Å². The number of aliphatic hydroxyl groups excluding tert-OH is 1. The molecule has 0 amide bonds. The molecule has 4 aromatic rings. The van der Waals surface area contributed by atoms with E-state index in [-0.39, 0.29) is 24.7 Å². The van der Waals surface area contributed by atoms with Gasteiger partial charge in [-0.25, -0.2) is 9.69 Å². The molecule has 0 fully saturated rings. The van der Waals surface area contributed by atoms with E-state index < -0.39 is 75.9 Å². The fourth-order valence-electron chi connectivity index (χ4n) is 5.25. The summed E-state index contributed by atoms with van der Waals surface area (Å²) in [6.07, 6.45) is -11.7. The molecule has 2 aromatic heterocycles. The number of alkyl halides is 7. The highest BCUT2D eigenvalue weighted by Crippen LogP contribution is 2.38. The van der Waals surface area contributed by atoms with Gasteiger partial charge in [-0.15, -0.1) is 11.6 Å². The van der Waals surface area contributed by atoms with Gasteiger partial charge >= 0.3 is 12.4 Å². The summed E-state index contributed by atoms with van der Waals surface area (Å²) in [5, 5.41) is 9.48. The van der Waals surface area contributed by atoms with E-state index in [2.05, 4.69) is 9.69 Å². The third-order valence-corrected chi connectivity index (χ3v) is 8.37. The van der Waals surface area contributed by atoms with Crippen molar-refractivity contribution in [1.29, 1.82) is 0 Å². The van der Waals surface area contributed by atoms with Gasteiger partial charge in [0.25, 0.3) is 22.5 Å². The minimum absolute atomic E-state index is 0.0450. The lowest BCUT2D eigenvalue weighted by Gasteiger charge is -2.23. The van der Waals surface area contributed by atoms with E-state index in [0.717, 1.165) is 32.4 Å². The van der Waals surface area contributed by atoms with Crippen molar-refractivity contribution in [3.05, 3.63) is 126 Å². The molecule has 3 atom stereocenters. The average molecular weight is 793 g/mol. The quantitative estimate of drug-likeness (QED) is 0.0708. The highest BCUT2D eigenvalue weighted by molar-refractivity contribution is 6.30. The van der Waals surface area contributed by atoms with Gasteiger partial charge in [-0.2, -0.15) is 26.3 Å². The molecule has 0 bridgehead atoms. The number of methoxy groups -OCH3 is 1. The van der Waals surface area contributed by atoms with Gasteiger partial charge in [0.05, 0.1) is 54.9 Å². The molecule has 2 aromatic carbocycles. The van der Waals surface area contributed by atoms with Crippen molar-refractivity contribution >= 4 is 28.8 Å². The van der Waals surface area contributed by atoms with Crippen LogP contribution in [0.4, 0.5) is 37.7 Å². The van der Waals surface area contributed by atoms with E-state index in [0.29, 0.717) is 11.1 Å². The maximum Gasteiger partial charge on any atom is 0.407 e. The number of carbonyl (C=O) groups is 1. The monoisotopic (exact) mass is 792 g/mol. The second kappa shape index (κ2) is 18.4. The van der Waals surface area contributed by atoms with Crippen LogP contribution in [0.15, 0.2) is 70.3 Å². The number of pyridine rings is 2. The first-order valence-electron chi connectivity index (χ1n) is 16.2. The molecule has 0 aliphatic rings. The zero-order valence-electron chi connectivity index (χ0n) is 30.0. The van der Waals surface area contributed by atoms with Crippen molar-refractivity contribution in [1.82, 2.24) is 9.13 Å². The van der Waals surface area contributed by atoms with E-state index >= 15 is 0 Å². The standard InChI is InChI=1S/C20H21F3N2O4.C18H14ClF3N2O2/c1-12-6-5-7-14(8-12)16-9-15(20(21,22)23)18(24-3)19(27)25(16)10-17(26)13(2)29-11-28-4;1-10-5-4-6-12(7-10)14-8-13(18(20,21)22)16(23-3)17(26)24(14)9-15(25)11(2)19/h5-9,13,17,26H,10-11H2,1-2,4H3;4-8,11H,9H2,1-2H3. The number of halogens is 7.